The number of aryl methyl sites for hydroxylation is 1. The number of ether oxygens (including phenoxy) is 1. The van der Waals surface area contributed by atoms with Crippen LogP contribution in [0, 0.1) is 6.92 Å². The Morgan fingerprint density at radius 2 is 1.72 bits per heavy atom. The van der Waals surface area contributed by atoms with E-state index in [1.807, 2.05) is 0 Å². The molecule has 0 aromatic heterocycles. The largest absolute Gasteiger partial charge is 0.497 e. The van der Waals surface area contributed by atoms with Crippen LogP contribution in [0.25, 0.3) is 0 Å². The van der Waals surface area contributed by atoms with Crippen molar-refractivity contribution in [2.75, 3.05) is 38.2 Å². The van der Waals surface area contributed by atoms with Crippen molar-refractivity contribution >= 4 is 17.5 Å². The van der Waals surface area contributed by atoms with E-state index in [0.29, 0.717) is 11.4 Å². The Kier molecular flexibility index (Phi) is 5.65. The molecule has 1 atom stereocenters. The number of rotatable bonds is 5. The molecule has 0 unspecified atom stereocenters. The minimum absolute atomic E-state index is 0.118. The van der Waals surface area contributed by atoms with Gasteiger partial charge < -0.3 is 4.74 Å². The summed E-state index contributed by atoms with van der Waals surface area (Å²) in [5.41, 5.74) is 3.20. The molecular formula is C23H27N3O3. The first-order valence-electron chi connectivity index (χ1n) is 10.1. The number of carbonyl (C=O) groups excluding carboxylic acids is 2. The lowest BCUT2D eigenvalue weighted by molar-refractivity contribution is -0.123. The Labute approximate surface area is 171 Å². The lowest BCUT2D eigenvalue weighted by Crippen LogP contribution is -2.52. The molecule has 0 bridgehead atoms. The summed E-state index contributed by atoms with van der Waals surface area (Å²) in [7, 11) is 1.59. The predicted molar refractivity (Wildman–Crippen MR) is 112 cm³/mol. The fraction of sp³-hybridized carbons (Fsp3) is 0.391. The van der Waals surface area contributed by atoms with Crippen molar-refractivity contribution in [3.63, 3.8) is 0 Å². The molecule has 2 aliphatic heterocycles. The van der Waals surface area contributed by atoms with Crippen molar-refractivity contribution in [3.8, 4) is 5.75 Å². The van der Waals surface area contributed by atoms with E-state index in [1.165, 1.54) is 16.0 Å². The van der Waals surface area contributed by atoms with Crippen LogP contribution in [0.4, 0.5) is 5.69 Å². The van der Waals surface area contributed by atoms with Gasteiger partial charge in [-0.25, -0.2) is 4.90 Å². The standard InChI is InChI=1S/C23H27N3O3/c1-17-4-3-5-18(14-17)16-24-10-12-25(13-11-24)21-15-22(27)26(23(21)28)19-6-8-20(29-2)9-7-19/h3-9,14,21H,10-13,15-16H2,1-2H3/t21-/m0/s1. The molecule has 152 valence electrons. The van der Waals surface area contributed by atoms with E-state index in [-0.39, 0.29) is 24.3 Å². The van der Waals surface area contributed by atoms with Gasteiger partial charge in [0.1, 0.15) is 5.75 Å². The van der Waals surface area contributed by atoms with Gasteiger partial charge in [-0.3, -0.25) is 19.4 Å². The third-order valence-electron chi connectivity index (χ3n) is 5.79. The number of carbonyl (C=O) groups is 2. The molecule has 2 aromatic carbocycles. The van der Waals surface area contributed by atoms with Crippen LogP contribution in [0.15, 0.2) is 48.5 Å². The zero-order chi connectivity index (χ0) is 20.4. The van der Waals surface area contributed by atoms with Crippen molar-refractivity contribution in [3.05, 3.63) is 59.7 Å². The van der Waals surface area contributed by atoms with Gasteiger partial charge in [0.2, 0.25) is 5.91 Å². The number of imide groups is 1. The second-order valence-corrected chi connectivity index (χ2v) is 7.79. The molecule has 6 heteroatoms. The van der Waals surface area contributed by atoms with E-state index in [4.69, 9.17) is 4.74 Å². The summed E-state index contributed by atoms with van der Waals surface area (Å²) in [4.78, 5) is 31.5. The van der Waals surface area contributed by atoms with Crippen LogP contribution in [0.5, 0.6) is 5.75 Å². The molecule has 29 heavy (non-hydrogen) atoms. The molecule has 2 fully saturated rings. The van der Waals surface area contributed by atoms with Crippen LogP contribution in [0.1, 0.15) is 17.5 Å². The highest BCUT2D eigenvalue weighted by molar-refractivity contribution is 6.22. The van der Waals surface area contributed by atoms with Crippen molar-refractivity contribution < 1.29 is 14.3 Å². The maximum absolute atomic E-state index is 13.0. The molecule has 2 saturated heterocycles. The summed E-state index contributed by atoms with van der Waals surface area (Å²) < 4.78 is 5.16. The first kappa shape index (κ1) is 19.6. The molecule has 2 aromatic rings. The van der Waals surface area contributed by atoms with Gasteiger partial charge in [-0.2, -0.15) is 0 Å². The zero-order valence-electron chi connectivity index (χ0n) is 17.0. The van der Waals surface area contributed by atoms with Crippen molar-refractivity contribution in [1.82, 2.24) is 9.80 Å². The van der Waals surface area contributed by atoms with Crippen molar-refractivity contribution in [2.45, 2.75) is 25.9 Å². The molecular weight excluding hydrogens is 366 g/mol. The second kappa shape index (κ2) is 8.35. The Morgan fingerprint density at radius 3 is 2.38 bits per heavy atom. The topological polar surface area (TPSA) is 53.1 Å². The van der Waals surface area contributed by atoms with Gasteiger partial charge in [0.05, 0.1) is 25.3 Å². The second-order valence-electron chi connectivity index (χ2n) is 7.79. The summed E-state index contributed by atoms with van der Waals surface area (Å²) in [5.74, 6) is 0.453. The molecule has 0 radical (unpaired) electrons. The Balaban J connectivity index is 1.37. The Bertz CT molecular complexity index is 888. The number of methoxy groups -OCH3 is 1. The first-order valence-corrected chi connectivity index (χ1v) is 10.1. The Hall–Kier alpha value is -2.70. The quantitative estimate of drug-likeness (QED) is 0.731. The fourth-order valence-corrected chi connectivity index (χ4v) is 4.21. The number of piperazine rings is 1. The zero-order valence-corrected chi connectivity index (χ0v) is 17.0. The molecule has 2 heterocycles. The number of benzene rings is 2. The highest BCUT2D eigenvalue weighted by Crippen LogP contribution is 2.28. The molecule has 0 spiro atoms. The van der Waals surface area contributed by atoms with E-state index < -0.39 is 0 Å². The summed E-state index contributed by atoms with van der Waals surface area (Å²) in [5, 5.41) is 0. The Morgan fingerprint density at radius 1 is 1.00 bits per heavy atom. The fourth-order valence-electron chi connectivity index (χ4n) is 4.21. The molecule has 2 amide bonds. The third kappa shape index (κ3) is 4.18. The molecule has 0 N–H and O–H groups in total. The van der Waals surface area contributed by atoms with E-state index in [9.17, 15) is 9.59 Å². The van der Waals surface area contributed by atoms with Gasteiger partial charge in [-0.15, -0.1) is 0 Å². The van der Waals surface area contributed by atoms with Gasteiger partial charge >= 0.3 is 0 Å². The lowest BCUT2D eigenvalue weighted by atomic mass is 10.1. The maximum Gasteiger partial charge on any atom is 0.251 e. The number of anilines is 1. The molecule has 2 aliphatic rings. The number of nitrogens with zero attached hydrogens (tertiary/aromatic N) is 3. The van der Waals surface area contributed by atoms with Crippen LogP contribution in [0.3, 0.4) is 0 Å². The van der Waals surface area contributed by atoms with Gasteiger partial charge in [-0.1, -0.05) is 29.8 Å². The SMILES string of the molecule is COc1ccc(N2C(=O)C[C@H](N3CCN(Cc4cccc(C)c4)CC3)C2=O)cc1. The summed E-state index contributed by atoms with van der Waals surface area (Å²) in [6, 6.07) is 15.3. The lowest BCUT2D eigenvalue weighted by Gasteiger charge is -2.37. The molecule has 6 nitrogen and oxygen atoms in total. The van der Waals surface area contributed by atoms with Crippen LogP contribution < -0.4 is 9.64 Å². The minimum Gasteiger partial charge on any atom is -0.497 e. The van der Waals surface area contributed by atoms with Crippen molar-refractivity contribution in [2.24, 2.45) is 0 Å². The summed E-state index contributed by atoms with van der Waals surface area (Å²) in [6.45, 7) is 6.42. The average molecular weight is 393 g/mol. The van der Waals surface area contributed by atoms with Gasteiger partial charge in [0.25, 0.3) is 5.91 Å². The molecule has 0 aliphatic carbocycles. The number of hydrogen-bond acceptors (Lipinski definition) is 5. The molecule has 0 saturated carbocycles. The average Bonchev–Trinajstić information content (AvgIpc) is 3.03. The maximum atomic E-state index is 13.0. The van der Waals surface area contributed by atoms with Crippen LogP contribution >= 0.6 is 0 Å². The van der Waals surface area contributed by atoms with Crippen LogP contribution in [-0.2, 0) is 16.1 Å². The predicted octanol–water partition coefficient (Wildman–Crippen LogP) is 2.45. The normalized spacial score (nSPS) is 21.0. The highest BCUT2D eigenvalue weighted by Gasteiger charge is 2.43. The first-order chi connectivity index (χ1) is 14.0. The van der Waals surface area contributed by atoms with E-state index in [1.54, 1.807) is 31.4 Å². The minimum atomic E-state index is -0.356. The summed E-state index contributed by atoms with van der Waals surface area (Å²) in [6.07, 6.45) is 0.253. The third-order valence-corrected chi connectivity index (χ3v) is 5.79. The van der Waals surface area contributed by atoms with Crippen LogP contribution in [-0.4, -0.2) is 60.9 Å². The number of hydrogen-bond donors (Lipinski definition) is 0. The smallest absolute Gasteiger partial charge is 0.251 e. The van der Waals surface area contributed by atoms with E-state index >= 15 is 0 Å². The van der Waals surface area contributed by atoms with Crippen molar-refractivity contribution in [1.29, 1.82) is 0 Å². The van der Waals surface area contributed by atoms with Gasteiger partial charge in [0, 0.05) is 32.7 Å². The molecule has 4 rings (SSSR count). The summed E-state index contributed by atoms with van der Waals surface area (Å²) >= 11 is 0. The van der Waals surface area contributed by atoms with Gasteiger partial charge in [-0.05, 0) is 36.8 Å². The van der Waals surface area contributed by atoms with Crippen LogP contribution in [0.2, 0.25) is 0 Å². The monoisotopic (exact) mass is 393 g/mol. The van der Waals surface area contributed by atoms with Gasteiger partial charge in [0.15, 0.2) is 0 Å². The van der Waals surface area contributed by atoms with E-state index in [2.05, 4.69) is 41.0 Å². The highest BCUT2D eigenvalue weighted by atomic mass is 16.5. The van der Waals surface area contributed by atoms with E-state index in [0.717, 1.165) is 32.7 Å². The number of amides is 2.